The molecule has 1 aromatic rings. The normalized spacial score (nSPS) is 31.4. The van der Waals surface area contributed by atoms with E-state index in [0.717, 1.165) is 12.1 Å². The third-order valence-electron chi connectivity index (χ3n) is 4.60. The highest BCUT2D eigenvalue weighted by molar-refractivity contribution is 5.34. The maximum absolute atomic E-state index is 12.7. The van der Waals surface area contributed by atoms with Crippen LogP contribution < -0.4 is 0 Å². The van der Waals surface area contributed by atoms with Gasteiger partial charge < -0.3 is 9.84 Å². The molecule has 1 N–H and O–H groups in total. The second-order valence-corrected chi connectivity index (χ2v) is 6.00. The monoisotopic (exact) mass is 302 g/mol. The molecule has 0 aliphatic carbocycles. The Morgan fingerprint density at radius 2 is 1.76 bits per heavy atom. The molecule has 5 heteroatoms. The van der Waals surface area contributed by atoms with Crippen molar-refractivity contribution in [1.82, 2.24) is 0 Å². The van der Waals surface area contributed by atoms with Gasteiger partial charge in [-0.3, -0.25) is 0 Å². The van der Waals surface area contributed by atoms with Crippen molar-refractivity contribution in [3.63, 3.8) is 0 Å². The summed E-state index contributed by atoms with van der Waals surface area (Å²) < 4.78 is 43.8. The highest BCUT2D eigenvalue weighted by atomic mass is 19.4. The Balaban J connectivity index is 2.30. The molecule has 5 atom stereocenters. The average Bonchev–Trinajstić information content (AvgIpc) is 2.61. The fourth-order valence-corrected chi connectivity index (χ4v) is 3.23. The van der Waals surface area contributed by atoms with Gasteiger partial charge in [0, 0.05) is 5.92 Å². The molecule has 118 valence electrons. The van der Waals surface area contributed by atoms with Gasteiger partial charge in [0.15, 0.2) is 0 Å². The number of hydrogen-bond donors (Lipinski definition) is 1. The van der Waals surface area contributed by atoms with Crippen molar-refractivity contribution >= 4 is 0 Å². The van der Waals surface area contributed by atoms with Crippen molar-refractivity contribution in [2.24, 2.45) is 11.8 Å². The Hall–Kier alpha value is -1.07. The summed E-state index contributed by atoms with van der Waals surface area (Å²) in [6.07, 6.45) is -5.26. The number of rotatable bonds is 2. The summed E-state index contributed by atoms with van der Waals surface area (Å²) in [5.74, 6) is 0.0344. The molecule has 1 aliphatic heterocycles. The minimum atomic E-state index is -4.36. The van der Waals surface area contributed by atoms with Gasteiger partial charge in [-0.1, -0.05) is 13.0 Å². The molecule has 2 rings (SSSR count). The standard InChI is InChI=1S/C16H21F3O2/c1-8-7-12(16(17,18)19)5-6-13(8)15(20)14-9(2)10(3)21-11(14)4/h5-7,9-11,14-15,20H,1-4H3. The topological polar surface area (TPSA) is 29.5 Å². The van der Waals surface area contributed by atoms with Crippen LogP contribution in [0.5, 0.6) is 0 Å². The number of aliphatic hydroxyl groups is 1. The van der Waals surface area contributed by atoms with Crippen molar-refractivity contribution in [3.05, 3.63) is 34.9 Å². The van der Waals surface area contributed by atoms with Gasteiger partial charge in [-0.05, 0) is 49.9 Å². The molecule has 5 unspecified atom stereocenters. The lowest BCUT2D eigenvalue weighted by Crippen LogP contribution is -2.25. The van der Waals surface area contributed by atoms with Crippen molar-refractivity contribution in [2.75, 3.05) is 0 Å². The first kappa shape index (κ1) is 16.3. The molecule has 1 aromatic carbocycles. The Labute approximate surface area is 122 Å². The number of hydrogen-bond acceptors (Lipinski definition) is 2. The highest BCUT2D eigenvalue weighted by Gasteiger charge is 2.42. The molecule has 0 radical (unpaired) electrons. The molecular weight excluding hydrogens is 281 g/mol. The lowest BCUT2D eigenvalue weighted by Gasteiger charge is -2.26. The molecule has 0 saturated carbocycles. The Morgan fingerprint density at radius 1 is 1.14 bits per heavy atom. The lowest BCUT2D eigenvalue weighted by atomic mass is 9.81. The van der Waals surface area contributed by atoms with Crippen LogP contribution in [-0.2, 0) is 10.9 Å². The van der Waals surface area contributed by atoms with Gasteiger partial charge in [-0.15, -0.1) is 0 Å². The molecule has 1 aliphatic rings. The van der Waals surface area contributed by atoms with Gasteiger partial charge in [0.25, 0.3) is 0 Å². The predicted octanol–water partition coefficient (Wildman–Crippen LogP) is 4.11. The van der Waals surface area contributed by atoms with Crippen LogP contribution >= 0.6 is 0 Å². The van der Waals surface area contributed by atoms with Crippen molar-refractivity contribution in [1.29, 1.82) is 0 Å². The summed E-state index contributed by atoms with van der Waals surface area (Å²) in [4.78, 5) is 0. The van der Waals surface area contributed by atoms with Crippen molar-refractivity contribution in [3.8, 4) is 0 Å². The lowest BCUT2D eigenvalue weighted by molar-refractivity contribution is -0.137. The largest absolute Gasteiger partial charge is 0.416 e. The summed E-state index contributed by atoms with van der Waals surface area (Å²) in [6, 6.07) is 3.50. The smallest absolute Gasteiger partial charge is 0.388 e. The third-order valence-corrected chi connectivity index (χ3v) is 4.60. The molecule has 0 aromatic heterocycles. The second-order valence-electron chi connectivity index (χ2n) is 6.00. The first-order chi connectivity index (χ1) is 9.62. The van der Waals surface area contributed by atoms with E-state index in [2.05, 4.69) is 0 Å². The van der Waals surface area contributed by atoms with Crippen LogP contribution in [0.25, 0.3) is 0 Å². The number of ether oxygens (including phenoxy) is 1. The molecule has 0 amide bonds. The molecule has 1 heterocycles. The van der Waals surface area contributed by atoms with Crippen molar-refractivity contribution in [2.45, 2.75) is 52.2 Å². The quantitative estimate of drug-likeness (QED) is 0.891. The van der Waals surface area contributed by atoms with Crippen molar-refractivity contribution < 1.29 is 23.0 Å². The van der Waals surface area contributed by atoms with Gasteiger partial charge in [0.2, 0.25) is 0 Å². The summed E-state index contributed by atoms with van der Waals surface area (Å²) in [6.45, 7) is 7.45. The third kappa shape index (κ3) is 3.09. The van der Waals surface area contributed by atoms with Gasteiger partial charge in [-0.2, -0.15) is 13.2 Å². The van der Waals surface area contributed by atoms with E-state index in [4.69, 9.17) is 4.74 Å². The molecule has 2 nitrogen and oxygen atoms in total. The van der Waals surface area contributed by atoms with Crippen LogP contribution in [0.4, 0.5) is 13.2 Å². The van der Waals surface area contributed by atoms with E-state index in [1.54, 1.807) is 6.92 Å². The molecular formula is C16H21F3O2. The molecule has 21 heavy (non-hydrogen) atoms. The van der Waals surface area contributed by atoms with E-state index in [1.165, 1.54) is 6.07 Å². The van der Waals surface area contributed by atoms with E-state index in [9.17, 15) is 18.3 Å². The number of aryl methyl sites for hydroxylation is 1. The minimum absolute atomic E-state index is 0.0365. The minimum Gasteiger partial charge on any atom is -0.388 e. The average molecular weight is 302 g/mol. The predicted molar refractivity (Wildman–Crippen MR) is 73.8 cm³/mol. The SMILES string of the molecule is Cc1cc(C(F)(F)F)ccc1C(O)C1C(C)OC(C)C1C. The van der Waals surface area contributed by atoms with E-state index in [-0.39, 0.29) is 24.0 Å². The van der Waals surface area contributed by atoms with E-state index >= 15 is 0 Å². The molecule has 0 bridgehead atoms. The van der Waals surface area contributed by atoms with Crippen LogP contribution in [0.15, 0.2) is 18.2 Å². The zero-order valence-electron chi connectivity index (χ0n) is 12.6. The zero-order chi connectivity index (χ0) is 15.9. The van der Waals surface area contributed by atoms with Crippen LogP contribution in [0.3, 0.4) is 0 Å². The zero-order valence-corrected chi connectivity index (χ0v) is 12.6. The summed E-state index contributed by atoms with van der Waals surface area (Å²) in [5.41, 5.74) is 0.314. The molecule has 0 spiro atoms. The fraction of sp³-hybridized carbons (Fsp3) is 0.625. The fourth-order valence-electron chi connectivity index (χ4n) is 3.23. The first-order valence-corrected chi connectivity index (χ1v) is 7.14. The molecule has 1 saturated heterocycles. The molecule has 1 fully saturated rings. The maximum Gasteiger partial charge on any atom is 0.416 e. The van der Waals surface area contributed by atoms with Gasteiger partial charge in [-0.25, -0.2) is 0 Å². The summed E-state index contributed by atoms with van der Waals surface area (Å²) in [7, 11) is 0. The van der Waals surface area contributed by atoms with Crippen LogP contribution in [0.1, 0.15) is 43.6 Å². The van der Waals surface area contributed by atoms with Gasteiger partial charge in [0.1, 0.15) is 0 Å². The number of benzene rings is 1. The Morgan fingerprint density at radius 3 is 2.19 bits per heavy atom. The maximum atomic E-state index is 12.7. The summed E-state index contributed by atoms with van der Waals surface area (Å²) >= 11 is 0. The Kier molecular flexibility index (Phi) is 4.36. The van der Waals surface area contributed by atoms with Crippen LogP contribution in [0, 0.1) is 18.8 Å². The summed E-state index contributed by atoms with van der Waals surface area (Å²) in [5, 5.41) is 10.6. The van der Waals surface area contributed by atoms with Gasteiger partial charge in [0.05, 0.1) is 23.9 Å². The van der Waals surface area contributed by atoms with E-state index in [1.807, 2.05) is 20.8 Å². The second kappa shape index (κ2) is 5.61. The Bertz CT molecular complexity index is 513. The van der Waals surface area contributed by atoms with Crippen LogP contribution in [0.2, 0.25) is 0 Å². The van der Waals surface area contributed by atoms with Gasteiger partial charge >= 0.3 is 6.18 Å². The van der Waals surface area contributed by atoms with E-state index < -0.39 is 17.8 Å². The number of halogens is 3. The van der Waals surface area contributed by atoms with E-state index in [0.29, 0.717) is 11.1 Å². The number of alkyl halides is 3. The van der Waals surface area contributed by atoms with Crippen LogP contribution in [-0.4, -0.2) is 17.3 Å². The highest BCUT2D eigenvalue weighted by Crippen LogP contribution is 2.42. The first-order valence-electron chi connectivity index (χ1n) is 7.14. The number of aliphatic hydroxyl groups excluding tert-OH is 1.